The third-order valence-corrected chi connectivity index (χ3v) is 10.2. The van der Waals surface area contributed by atoms with E-state index in [0.29, 0.717) is 18.3 Å². The first-order chi connectivity index (χ1) is 23.1. The zero-order chi connectivity index (χ0) is 32.7. The lowest BCUT2D eigenvalue weighted by molar-refractivity contribution is -0.148. The Hall–Kier alpha value is -3.70. The molecule has 2 aromatic heterocycles. The second-order valence-electron chi connectivity index (χ2n) is 12.0. The van der Waals surface area contributed by atoms with Gasteiger partial charge in [-0.15, -0.1) is 20.5 Å². The largest absolute Gasteiger partial charge is 0.494 e. The Kier molecular flexibility index (Phi) is 13.7. The van der Waals surface area contributed by atoms with Crippen molar-refractivity contribution in [3.63, 3.8) is 0 Å². The van der Waals surface area contributed by atoms with Gasteiger partial charge < -0.3 is 14.4 Å². The van der Waals surface area contributed by atoms with Gasteiger partial charge in [0, 0.05) is 18.8 Å². The van der Waals surface area contributed by atoms with Crippen molar-refractivity contribution < 1.29 is 14.3 Å². The molecule has 0 N–H and O–H groups in total. The number of ether oxygens (including phenoxy) is 2. The van der Waals surface area contributed by atoms with Gasteiger partial charge in [-0.1, -0.05) is 75.0 Å². The van der Waals surface area contributed by atoms with Gasteiger partial charge in [-0.05, 0) is 86.7 Å². The number of aromatic nitrogens is 1. The van der Waals surface area contributed by atoms with Gasteiger partial charge in [0.2, 0.25) is 5.13 Å². The fourth-order valence-corrected chi connectivity index (χ4v) is 7.11. The van der Waals surface area contributed by atoms with Crippen molar-refractivity contribution in [1.29, 1.82) is 0 Å². The Labute approximate surface area is 286 Å². The van der Waals surface area contributed by atoms with Gasteiger partial charge in [-0.2, -0.15) is 0 Å². The minimum absolute atomic E-state index is 0.0115. The molecule has 0 radical (unpaired) electrons. The molecule has 1 aliphatic heterocycles. The van der Waals surface area contributed by atoms with Crippen LogP contribution in [0.4, 0.5) is 27.2 Å². The predicted octanol–water partition coefficient (Wildman–Crippen LogP) is 11.9. The molecule has 0 aliphatic carbocycles. The van der Waals surface area contributed by atoms with Crippen LogP contribution in [0.2, 0.25) is 0 Å². The maximum Gasteiger partial charge on any atom is 0.308 e. The molecule has 1 fully saturated rings. The van der Waals surface area contributed by atoms with E-state index in [1.165, 1.54) is 73.3 Å². The second-order valence-corrected chi connectivity index (χ2v) is 14.0. The zero-order valence-corrected chi connectivity index (χ0v) is 29.2. The molecule has 0 saturated carbocycles. The lowest BCUT2D eigenvalue weighted by Crippen LogP contribution is -2.17. The molecule has 5 rings (SSSR count). The van der Waals surface area contributed by atoms with E-state index in [0.717, 1.165) is 70.4 Å². The summed E-state index contributed by atoms with van der Waals surface area (Å²) in [6, 6.07) is 18.0. The molecule has 1 atom stereocenters. The summed E-state index contributed by atoms with van der Waals surface area (Å²) in [5, 5.41) is 19.0. The van der Waals surface area contributed by atoms with E-state index in [1.54, 1.807) is 0 Å². The van der Waals surface area contributed by atoms with Gasteiger partial charge in [0.05, 0.1) is 35.2 Å². The molecule has 0 amide bonds. The Bertz CT molecular complexity index is 1550. The summed E-state index contributed by atoms with van der Waals surface area (Å²) in [6.45, 7) is 7.47. The van der Waals surface area contributed by atoms with Crippen LogP contribution in [0.5, 0.6) is 5.75 Å². The molecule has 0 spiro atoms. The quantitative estimate of drug-likeness (QED) is 0.0559. The molecule has 3 heterocycles. The lowest BCUT2D eigenvalue weighted by Gasteiger charge is -2.17. The summed E-state index contributed by atoms with van der Waals surface area (Å²) in [5.41, 5.74) is 2.85. The number of hydrogen-bond acceptors (Lipinski definition) is 11. The Morgan fingerprint density at radius 2 is 1.43 bits per heavy atom. The van der Waals surface area contributed by atoms with Crippen molar-refractivity contribution >= 4 is 65.4 Å². The lowest BCUT2D eigenvalue weighted by atomic mass is 10.1. The highest BCUT2D eigenvalue weighted by atomic mass is 32.1. The number of hydrogen-bond donors (Lipinski definition) is 0. The Balaban J connectivity index is 0.942. The molecule has 1 unspecified atom stereocenters. The van der Waals surface area contributed by atoms with Crippen molar-refractivity contribution in [3.8, 4) is 5.75 Å². The van der Waals surface area contributed by atoms with Gasteiger partial charge in [0.25, 0.3) is 0 Å². The number of thiazole rings is 1. The fraction of sp³-hybridized carbons (Fsp3) is 0.500. The highest BCUT2D eigenvalue weighted by molar-refractivity contribution is 7.30. The summed E-state index contributed by atoms with van der Waals surface area (Å²) in [5.74, 6) is 0.799. The fourth-order valence-electron chi connectivity index (χ4n) is 5.26. The van der Waals surface area contributed by atoms with E-state index in [4.69, 9.17) is 9.47 Å². The first-order valence-corrected chi connectivity index (χ1v) is 18.7. The summed E-state index contributed by atoms with van der Waals surface area (Å²) in [6.07, 6.45) is 12.6. The number of fused-ring (bicyclic) bond motifs is 1. The van der Waals surface area contributed by atoms with E-state index >= 15 is 0 Å². The third-order valence-electron chi connectivity index (χ3n) is 8.30. The molecular weight excluding hydrogens is 629 g/mol. The topological polar surface area (TPSA) is 101 Å². The molecule has 47 heavy (non-hydrogen) atoms. The minimum Gasteiger partial charge on any atom is -0.494 e. The summed E-state index contributed by atoms with van der Waals surface area (Å²) < 4.78 is 12.3. The highest BCUT2D eigenvalue weighted by Gasteiger charge is 2.13. The number of carbonyl (C=O) groups is 1. The van der Waals surface area contributed by atoms with Gasteiger partial charge in [0.1, 0.15) is 15.6 Å². The Morgan fingerprint density at radius 3 is 2.09 bits per heavy atom. The van der Waals surface area contributed by atoms with Crippen LogP contribution in [-0.2, 0) is 9.53 Å². The second kappa shape index (κ2) is 18.6. The molecule has 11 heteroatoms. The highest BCUT2D eigenvalue weighted by Crippen LogP contribution is 2.39. The van der Waals surface area contributed by atoms with Gasteiger partial charge in [0.15, 0.2) is 0 Å². The summed E-state index contributed by atoms with van der Waals surface area (Å²) in [7, 11) is 0. The maximum atomic E-state index is 11.7. The Morgan fingerprint density at radius 1 is 0.809 bits per heavy atom. The monoisotopic (exact) mass is 674 g/mol. The zero-order valence-electron chi connectivity index (χ0n) is 27.6. The van der Waals surface area contributed by atoms with Gasteiger partial charge in [-0.25, -0.2) is 4.98 Å². The minimum atomic E-state index is -0.0622. The molecule has 1 aliphatic rings. The van der Waals surface area contributed by atoms with Crippen LogP contribution in [0.3, 0.4) is 0 Å². The normalized spacial score (nSPS) is 14.1. The standard InChI is InChI=1S/C36H46N6O3S2/c1-3-27(2)35(43)45-25-13-9-7-5-4-6-8-12-24-44-31-20-16-29(17-21-31)38-40-33-26-32-34(47-33)37-36(46-32)41-39-28-14-18-30(19-15-28)42-22-10-11-23-42/h14-21,26-27H,3-13,22-25H2,1-2H3. The van der Waals surface area contributed by atoms with E-state index in [-0.39, 0.29) is 11.9 Å². The number of carbonyl (C=O) groups excluding carboxylic acids is 1. The number of nitrogens with zero attached hydrogens (tertiary/aromatic N) is 6. The number of esters is 1. The van der Waals surface area contributed by atoms with E-state index in [2.05, 4.69) is 42.5 Å². The van der Waals surface area contributed by atoms with Gasteiger partial charge >= 0.3 is 5.97 Å². The van der Waals surface area contributed by atoms with Crippen molar-refractivity contribution in [2.45, 2.75) is 84.5 Å². The maximum absolute atomic E-state index is 11.7. The molecule has 4 aromatic rings. The first kappa shape index (κ1) is 34.6. The number of thiophene rings is 1. The summed E-state index contributed by atoms with van der Waals surface area (Å²) >= 11 is 3.00. The van der Waals surface area contributed by atoms with Crippen LogP contribution in [0, 0.1) is 5.92 Å². The van der Waals surface area contributed by atoms with Crippen LogP contribution in [0.1, 0.15) is 84.5 Å². The van der Waals surface area contributed by atoms with Crippen molar-refractivity contribution in [1.82, 2.24) is 4.98 Å². The molecule has 0 bridgehead atoms. The predicted molar refractivity (Wildman–Crippen MR) is 193 cm³/mol. The number of benzene rings is 2. The van der Waals surface area contributed by atoms with Crippen molar-refractivity contribution in [3.05, 3.63) is 54.6 Å². The average Bonchev–Trinajstić information content (AvgIpc) is 3.85. The SMILES string of the molecule is CCC(C)C(=O)OCCCCCCCCCCOc1ccc(N=Nc2cc3sc(N=Nc4ccc(N5CCCC5)cc4)nc3s2)cc1. The first-order valence-electron chi connectivity index (χ1n) is 17.1. The van der Waals surface area contributed by atoms with Crippen molar-refractivity contribution in [2.75, 3.05) is 31.2 Å². The molecule has 9 nitrogen and oxygen atoms in total. The van der Waals surface area contributed by atoms with Crippen LogP contribution in [-0.4, -0.2) is 37.3 Å². The van der Waals surface area contributed by atoms with Crippen LogP contribution < -0.4 is 9.64 Å². The van der Waals surface area contributed by atoms with E-state index < -0.39 is 0 Å². The van der Waals surface area contributed by atoms with Crippen LogP contribution >= 0.6 is 22.7 Å². The molecule has 2 aromatic carbocycles. The van der Waals surface area contributed by atoms with Crippen LogP contribution in [0.15, 0.2) is 75.1 Å². The van der Waals surface area contributed by atoms with E-state index in [9.17, 15) is 4.79 Å². The third kappa shape index (κ3) is 11.2. The molecular formula is C36H46N6O3S2. The number of unbranched alkanes of at least 4 members (excludes halogenated alkanes) is 7. The smallest absolute Gasteiger partial charge is 0.308 e. The number of rotatable bonds is 19. The van der Waals surface area contributed by atoms with Crippen LogP contribution in [0.25, 0.3) is 9.53 Å². The van der Waals surface area contributed by atoms with E-state index in [1.807, 2.05) is 56.3 Å². The van der Waals surface area contributed by atoms with Gasteiger partial charge in [-0.3, -0.25) is 4.79 Å². The van der Waals surface area contributed by atoms with Crippen molar-refractivity contribution in [2.24, 2.45) is 26.4 Å². The number of anilines is 1. The summed E-state index contributed by atoms with van der Waals surface area (Å²) in [4.78, 5) is 19.6. The number of azo groups is 2. The molecule has 250 valence electrons. The average molecular weight is 675 g/mol. The molecule has 1 saturated heterocycles.